The van der Waals surface area contributed by atoms with Gasteiger partial charge in [-0.25, -0.2) is 9.59 Å². The zero-order chi connectivity index (χ0) is 27.6. The second-order valence-corrected chi connectivity index (χ2v) is 9.80. The molecule has 6 rings (SSSR count). The van der Waals surface area contributed by atoms with Crippen molar-refractivity contribution < 1.29 is 24.2 Å². The highest BCUT2D eigenvalue weighted by Gasteiger charge is 2.30. The van der Waals surface area contributed by atoms with Crippen LogP contribution in [-0.2, 0) is 16.0 Å². The monoisotopic (exact) mass is 532 g/mol. The van der Waals surface area contributed by atoms with Crippen molar-refractivity contribution in [1.82, 2.24) is 9.88 Å². The number of carboxylic acids is 1. The number of alkyl carbamates (subject to hydrolysis) is 1. The molecule has 0 saturated heterocycles. The summed E-state index contributed by atoms with van der Waals surface area (Å²) in [5, 5.41) is 13.5. The molecule has 0 unspecified atom stereocenters. The SMILES string of the molecule is COc1ccc(-n2cc(C[C@H](NC(=O)OCC3c4ccccc4-c4ccccc43)C(=O)O)c3ccccc32)cc1. The fraction of sp³-hybridized carbons (Fsp3) is 0.152. The number of para-hydroxylation sites is 1. The number of rotatable bonds is 8. The molecule has 1 aliphatic rings. The van der Waals surface area contributed by atoms with E-state index in [9.17, 15) is 14.7 Å². The maximum Gasteiger partial charge on any atom is 0.407 e. The van der Waals surface area contributed by atoms with Gasteiger partial charge in [0.15, 0.2) is 0 Å². The molecule has 0 spiro atoms. The number of nitrogens with zero attached hydrogens (tertiary/aromatic N) is 1. The van der Waals surface area contributed by atoms with Crippen LogP contribution in [0, 0.1) is 0 Å². The van der Waals surface area contributed by atoms with Gasteiger partial charge in [0.2, 0.25) is 0 Å². The van der Waals surface area contributed by atoms with Crippen molar-refractivity contribution >= 4 is 23.0 Å². The van der Waals surface area contributed by atoms with Crippen molar-refractivity contribution in [3.8, 4) is 22.6 Å². The number of carbonyl (C=O) groups excluding carboxylic acids is 1. The summed E-state index contributed by atoms with van der Waals surface area (Å²) in [5.74, 6) is -0.489. The number of methoxy groups -OCH3 is 1. The standard InChI is InChI=1S/C33H28N2O5/c1-39-23-16-14-22(15-17-23)35-19-21(24-8-6-7-13-31(24)35)18-30(32(36)37)34-33(38)40-20-29-27-11-4-2-9-25(27)26-10-3-5-12-28(26)29/h2-17,19,29-30H,18,20H2,1H3,(H,34,38)(H,36,37)/t30-/m0/s1. The van der Waals surface area contributed by atoms with Gasteiger partial charge < -0.3 is 24.5 Å². The number of nitrogens with one attached hydrogen (secondary N) is 1. The molecule has 5 aromatic rings. The van der Waals surface area contributed by atoms with E-state index in [2.05, 4.69) is 17.4 Å². The highest BCUT2D eigenvalue weighted by molar-refractivity contribution is 5.87. The third-order valence-corrected chi connectivity index (χ3v) is 7.50. The minimum Gasteiger partial charge on any atom is -0.497 e. The summed E-state index contributed by atoms with van der Waals surface area (Å²) in [6.45, 7) is 0.114. The van der Waals surface area contributed by atoms with Crippen molar-refractivity contribution in [2.24, 2.45) is 0 Å². The van der Waals surface area contributed by atoms with Crippen LogP contribution in [0.2, 0.25) is 0 Å². The lowest BCUT2D eigenvalue weighted by molar-refractivity contribution is -0.139. The Morgan fingerprint density at radius 1 is 0.875 bits per heavy atom. The van der Waals surface area contributed by atoms with Gasteiger partial charge in [0.05, 0.1) is 12.6 Å². The van der Waals surface area contributed by atoms with E-state index >= 15 is 0 Å². The van der Waals surface area contributed by atoms with Crippen molar-refractivity contribution in [3.05, 3.63) is 120 Å². The summed E-state index contributed by atoms with van der Waals surface area (Å²) in [5.41, 5.74) is 7.10. The van der Waals surface area contributed by atoms with Crippen LogP contribution in [-0.4, -0.2) is 41.5 Å². The van der Waals surface area contributed by atoms with E-state index in [0.29, 0.717) is 0 Å². The van der Waals surface area contributed by atoms with Crippen LogP contribution in [0.1, 0.15) is 22.6 Å². The molecule has 0 aliphatic heterocycles. The summed E-state index contributed by atoms with van der Waals surface area (Å²) in [7, 11) is 1.62. The maximum atomic E-state index is 12.9. The van der Waals surface area contributed by atoms with Crippen LogP contribution in [0.4, 0.5) is 4.79 Å². The molecular weight excluding hydrogens is 504 g/mol. The third kappa shape index (κ3) is 4.66. The number of amides is 1. The fourth-order valence-electron chi connectivity index (χ4n) is 5.57. The second kappa shape index (κ2) is 10.6. The van der Waals surface area contributed by atoms with Gasteiger partial charge >= 0.3 is 12.1 Å². The van der Waals surface area contributed by atoms with Gasteiger partial charge in [-0.3, -0.25) is 0 Å². The first-order chi connectivity index (χ1) is 19.5. The number of carbonyl (C=O) groups is 2. The number of aromatic nitrogens is 1. The van der Waals surface area contributed by atoms with Crippen LogP contribution >= 0.6 is 0 Å². The van der Waals surface area contributed by atoms with Crippen LogP contribution < -0.4 is 10.1 Å². The van der Waals surface area contributed by atoms with Gasteiger partial charge in [-0.05, 0) is 58.1 Å². The van der Waals surface area contributed by atoms with Gasteiger partial charge in [-0.1, -0.05) is 66.7 Å². The van der Waals surface area contributed by atoms with E-state index in [-0.39, 0.29) is 18.9 Å². The van der Waals surface area contributed by atoms with E-state index in [1.165, 1.54) is 0 Å². The van der Waals surface area contributed by atoms with Crippen LogP contribution in [0.5, 0.6) is 5.75 Å². The van der Waals surface area contributed by atoms with Crippen molar-refractivity contribution in [2.75, 3.05) is 13.7 Å². The first kappa shape index (κ1) is 25.2. The molecule has 1 amide bonds. The molecule has 2 N–H and O–H groups in total. The Morgan fingerprint density at radius 3 is 2.15 bits per heavy atom. The summed E-state index contributed by atoms with van der Waals surface area (Å²) in [6, 6.07) is 30.4. The highest BCUT2D eigenvalue weighted by Crippen LogP contribution is 2.44. The molecule has 0 saturated carbocycles. The third-order valence-electron chi connectivity index (χ3n) is 7.50. The van der Waals surface area contributed by atoms with Gasteiger partial charge in [-0.15, -0.1) is 0 Å². The first-order valence-corrected chi connectivity index (χ1v) is 13.1. The average Bonchev–Trinajstić information content (AvgIpc) is 3.51. The van der Waals surface area contributed by atoms with Crippen molar-refractivity contribution in [3.63, 3.8) is 0 Å². The molecule has 1 heterocycles. The molecule has 0 fully saturated rings. The first-order valence-electron chi connectivity index (χ1n) is 13.1. The predicted octanol–water partition coefficient (Wildman–Crippen LogP) is 6.17. The molecule has 1 aliphatic carbocycles. The van der Waals surface area contributed by atoms with E-state index in [0.717, 1.165) is 50.2 Å². The lowest BCUT2D eigenvalue weighted by Crippen LogP contribution is -2.42. The Kier molecular flexibility index (Phi) is 6.70. The molecular formula is C33H28N2O5. The van der Waals surface area contributed by atoms with E-state index in [1.807, 2.05) is 95.7 Å². The summed E-state index contributed by atoms with van der Waals surface area (Å²) >= 11 is 0. The fourth-order valence-corrected chi connectivity index (χ4v) is 5.57. The summed E-state index contributed by atoms with van der Waals surface area (Å²) in [6.07, 6.45) is 1.26. The Hall–Kier alpha value is -5.04. The number of carboxylic acid groups (broad SMARTS) is 1. The van der Waals surface area contributed by atoms with Crippen molar-refractivity contribution in [2.45, 2.75) is 18.4 Å². The van der Waals surface area contributed by atoms with E-state index in [1.54, 1.807) is 7.11 Å². The number of benzene rings is 4. The Labute approximate surface area is 231 Å². The molecule has 40 heavy (non-hydrogen) atoms. The molecule has 7 heteroatoms. The van der Waals surface area contributed by atoms with Gasteiger partial charge in [0.25, 0.3) is 0 Å². The Balaban J connectivity index is 1.19. The van der Waals surface area contributed by atoms with E-state index < -0.39 is 18.1 Å². The quantitative estimate of drug-likeness (QED) is 0.249. The van der Waals surface area contributed by atoms with Crippen LogP contribution in [0.25, 0.3) is 27.7 Å². The number of ether oxygens (including phenoxy) is 2. The van der Waals surface area contributed by atoms with Gasteiger partial charge in [0, 0.05) is 29.6 Å². The number of aliphatic carboxylic acids is 1. The lowest BCUT2D eigenvalue weighted by atomic mass is 9.98. The minimum atomic E-state index is -1.16. The second-order valence-electron chi connectivity index (χ2n) is 9.80. The topological polar surface area (TPSA) is 89.8 Å². The number of hydrogen-bond acceptors (Lipinski definition) is 4. The number of hydrogen-bond donors (Lipinski definition) is 2. The molecule has 7 nitrogen and oxygen atoms in total. The molecule has 1 atom stereocenters. The zero-order valence-corrected chi connectivity index (χ0v) is 21.9. The van der Waals surface area contributed by atoms with Gasteiger partial charge in [0.1, 0.15) is 18.4 Å². The molecule has 0 radical (unpaired) electrons. The summed E-state index contributed by atoms with van der Waals surface area (Å²) < 4.78 is 12.9. The molecule has 1 aromatic heterocycles. The number of fused-ring (bicyclic) bond motifs is 4. The van der Waals surface area contributed by atoms with Crippen LogP contribution in [0.3, 0.4) is 0 Å². The smallest absolute Gasteiger partial charge is 0.407 e. The Morgan fingerprint density at radius 2 is 1.50 bits per heavy atom. The van der Waals surface area contributed by atoms with Crippen molar-refractivity contribution in [1.29, 1.82) is 0 Å². The predicted molar refractivity (Wildman–Crippen MR) is 153 cm³/mol. The lowest BCUT2D eigenvalue weighted by Gasteiger charge is -2.17. The molecule has 4 aromatic carbocycles. The highest BCUT2D eigenvalue weighted by atomic mass is 16.5. The van der Waals surface area contributed by atoms with E-state index in [4.69, 9.17) is 9.47 Å². The van der Waals surface area contributed by atoms with Crippen LogP contribution in [0.15, 0.2) is 103 Å². The summed E-state index contributed by atoms with van der Waals surface area (Å²) in [4.78, 5) is 25.1. The maximum absolute atomic E-state index is 12.9. The molecule has 0 bridgehead atoms. The normalized spacial score (nSPS) is 12.9. The molecule has 200 valence electrons. The largest absolute Gasteiger partial charge is 0.497 e. The Bertz CT molecular complexity index is 1660. The van der Waals surface area contributed by atoms with Gasteiger partial charge in [-0.2, -0.15) is 0 Å². The minimum absolute atomic E-state index is 0.100. The zero-order valence-electron chi connectivity index (χ0n) is 21.9. The average molecular weight is 533 g/mol.